The first-order valence-corrected chi connectivity index (χ1v) is 6.51. The predicted molar refractivity (Wildman–Crippen MR) is 74.1 cm³/mol. The first-order valence-electron chi connectivity index (χ1n) is 6.13. The van der Waals surface area contributed by atoms with Crippen LogP contribution in [0.25, 0.3) is 0 Å². The largest absolute Gasteiger partial charge is 0.486 e. The van der Waals surface area contributed by atoms with E-state index in [1.807, 2.05) is 36.7 Å². The average molecular weight is 281 g/mol. The maximum absolute atomic E-state index is 6.05. The average Bonchev–Trinajstić information content (AvgIpc) is 2.81. The Bertz CT molecular complexity index is 553. The smallest absolute Gasteiger partial charge is 0.138 e. The van der Waals surface area contributed by atoms with Crippen LogP contribution in [0.4, 0.5) is 0 Å². The van der Waals surface area contributed by atoms with E-state index in [0.717, 1.165) is 11.4 Å². The fourth-order valence-electron chi connectivity index (χ4n) is 1.78. The lowest BCUT2D eigenvalue weighted by atomic mass is 10.3. The molecule has 0 atom stereocenters. The van der Waals surface area contributed by atoms with Gasteiger partial charge in [0.25, 0.3) is 0 Å². The number of nitrogens with two attached hydrogens (primary N) is 1. The van der Waals surface area contributed by atoms with Gasteiger partial charge in [0.2, 0.25) is 0 Å². The number of hydrogen-bond acceptors (Lipinski definition) is 4. The fraction of sp³-hybridized carbons (Fsp3) is 0.385. The molecule has 1 heterocycles. The van der Waals surface area contributed by atoms with Gasteiger partial charge in [-0.3, -0.25) is 0 Å². The zero-order valence-corrected chi connectivity index (χ0v) is 11.8. The molecular weight excluding hydrogens is 264 g/mol. The van der Waals surface area contributed by atoms with E-state index in [1.54, 1.807) is 6.07 Å². The highest BCUT2D eigenvalue weighted by atomic mass is 35.5. The number of nitrogens with zero attached hydrogens (tertiary/aromatic N) is 3. The molecular formula is C13H17ClN4O. The first kappa shape index (κ1) is 13.8. The van der Waals surface area contributed by atoms with Crippen molar-refractivity contribution in [2.45, 2.75) is 33.0 Å². The number of aromatic nitrogens is 3. The number of para-hydroxylation sites is 1. The molecule has 0 aliphatic heterocycles. The van der Waals surface area contributed by atoms with Crippen molar-refractivity contribution < 1.29 is 4.74 Å². The quantitative estimate of drug-likeness (QED) is 0.914. The second-order valence-electron chi connectivity index (χ2n) is 4.44. The molecule has 1 aromatic carbocycles. The summed E-state index contributed by atoms with van der Waals surface area (Å²) in [5.41, 5.74) is 7.30. The van der Waals surface area contributed by atoms with Crippen molar-refractivity contribution >= 4 is 11.6 Å². The third-order valence-corrected chi connectivity index (χ3v) is 3.07. The van der Waals surface area contributed by atoms with Gasteiger partial charge < -0.3 is 10.5 Å². The Morgan fingerprint density at radius 1 is 1.37 bits per heavy atom. The van der Waals surface area contributed by atoms with Crippen LogP contribution in [-0.4, -0.2) is 15.0 Å². The molecule has 0 spiro atoms. The standard InChI is InChI=1S/C13H17ClN4O/c1-9(2)18-12(11(7-15)16-17-18)8-19-13-6-4-3-5-10(13)14/h3-6,9H,7-8,15H2,1-2H3. The highest BCUT2D eigenvalue weighted by Gasteiger charge is 2.15. The normalized spacial score (nSPS) is 11.0. The molecule has 5 nitrogen and oxygen atoms in total. The summed E-state index contributed by atoms with van der Waals surface area (Å²) < 4.78 is 7.54. The lowest BCUT2D eigenvalue weighted by Gasteiger charge is -2.12. The number of halogens is 1. The number of hydrogen-bond donors (Lipinski definition) is 1. The molecule has 2 aromatic rings. The van der Waals surface area contributed by atoms with Crippen LogP contribution >= 0.6 is 11.6 Å². The molecule has 0 aliphatic carbocycles. The molecule has 0 aliphatic rings. The van der Waals surface area contributed by atoms with Crippen LogP contribution < -0.4 is 10.5 Å². The Labute approximate surface area is 117 Å². The second-order valence-corrected chi connectivity index (χ2v) is 4.85. The Hall–Kier alpha value is -1.59. The Morgan fingerprint density at radius 2 is 2.11 bits per heavy atom. The van der Waals surface area contributed by atoms with Gasteiger partial charge in [0.1, 0.15) is 23.7 Å². The molecule has 1 aromatic heterocycles. The summed E-state index contributed by atoms with van der Waals surface area (Å²) in [6.07, 6.45) is 0. The summed E-state index contributed by atoms with van der Waals surface area (Å²) in [5, 5.41) is 8.74. The minimum atomic E-state index is 0.206. The Morgan fingerprint density at radius 3 is 2.74 bits per heavy atom. The van der Waals surface area contributed by atoms with Crippen LogP contribution in [0.1, 0.15) is 31.3 Å². The van der Waals surface area contributed by atoms with Crippen molar-refractivity contribution in [3.63, 3.8) is 0 Å². The summed E-state index contributed by atoms with van der Waals surface area (Å²) in [7, 11) is 0. The highest BCUT2D eigenvalue weighted by molar-refractivity contribution is 6.32. The van der Waals surface area contributed by atoms with Crippen LogP contribution in [0.3, 0.4) is 0 Å². The van der Waals surface area contributed by atoms with Crippen molar-refractivity contribution in [3.05, 3.63) is 40.7 Å². The maximum atomic E-state index is 6.05. The van der Waals surface area contributed by atoms with Gasteiger partial charge in [0, 0.05) is 12.6 Å². The minimum absolute atomic E-state index is 0.206. The van der Waals surface area contributed by atoms with Gasteiger partial charge in [-0.2, -0.15) is 0 Å². The van der Waals surface area contributed by atoms with Crippen LogP contribution in [0, 0.1) is 0 Å². The van der Waals surface area contributed by atoms with Gasteiger partial charge in [-0.1, -0.05) is 28.9 Å². The van der Waals surface area contributed by atoms with E-state index in [0.29, 0.717) is 23.9 Å². The SMILES string of the molecule is CC(C)n1nnc(CN)c1COc1ccccc1Cl. The predicted octanol–water partition coefficient (Wildman–Crippen LogP) is 2.55. The van der Waals surface area contributed by atoms with Crippen molar-refractivity contribution in [1.29, 1.82) is 0 Å². The second kappa shape index (κ2) is 6.04. The molecule has 0 unspecified atom stereocenters. The molecule has 0 amide bonds. The molecule has 0 saturated carbocycles. The Balaban J connectivity index is 2.19. The zero-order chi connectivity index (χ0) is 13.8. The molecule has 2 N–H and O–H groups in total. The van der Waals surface area contributed by atoms with Gasteiger partial charge in [0.05, 0.1) is 5.02 Å². The monoisotopic (exact) mass is 280 g/mol. The summed E-state index contributed by atoms with van der Waals surface area (Å²) >= 11 is 6.05. The molecule has 0 radical (unpaired) electrons. The topological polar surface area (TPSA) is 66.0 Å². The van der Waals surface area contributed by atoms with Crippen molar-refractivity contribution in [2.24, 2.45) is 5.73 Å². The third kappa shape index (κ3) is 3.05. The lowest BCUT2D eigenvalue weighted by Crippen LogP contribution is -2.12. The van der Waals surface area contributed by atoms with Crippen molar-refractivity contribution in [1.82, 2.24) is 15.0 Å². The molecule has 0 bridgehead atoms. The fourth-order valence-corrected chi connectivity index (χ4v) is 1.97. The lowest BCUT2D eigenvalue weighted by molar-refractivity contribution is 0.286. The molecule has 0 saturated heterocycles. The molecule has 102 valence electrons. The van der Waals surface area contributed by atoms with E-state index in [-0.39, 0.29) is 6.04 Å². The van der Waals surface area contributed by atoms with Gasteiger partial charge >= 0.3 is 0 Å². The van der Waals surface area contributed by atoms with Crippen LogP contribution in [0.2, 0.25) is 5.02 Å². The highest BCUT2D eigenvalue weighted by Crippen LogP contribution is 2.24. The number of benzene rings is 1. The summed E-state index contributed by atoms with van der Waals surface area (Å²) in [4.78, 5) is 0. The van der Waals surface area contributed by atoms with Crippen LogP contribution in [0.15, 0.2) is 24.3 Å². The van der Waals surface area contributed by atoms with E-state index in [9.17, 15) is 0 Å². The molecule has 6 heteroatoms. The summed E-state index contributed by atoms with van der Waals surface area (Å²) in [6.45, 7) is 4.76. The minimum Gasteiger partial charge on any atom is -0.486 e. The van der Waals surface area contributed by atoms with E-state index in [1.165, 1.54) is 0 Å². The van der Waals surface area contributed by atoms with E-state index in [4.69, 9.17) is 22.1 Å². The third-order valence-electron chi connectivity index (χ3n) is 2.75. The molecule has 2 rings (SSSR count). The van der Waals surface area contributed by atoms with Crippen LogP contribution in [-0.2, 0) is 13.2 Å². The van der Waals surface area contributed by atoms with Gasteiger partial charge in [-0.25, -0.2) is 4.68 Å². The summed E-state index contributed by atoms with van der Waals surface area (Å²) in [6, 6.07) is 7.56. The maximum Gasteiger partial charge on any atom is 0.138 e. The number of ether oxygens (including phenoxy) is 1. The van der Waals surface area contributed by atoms with E-state index >= 15 is 0 Å². The van der Waals surface area contributed by atoms with E-state index < -0.39 is 0 Å². The van der Waals surface area contributed by atoms with Crippen molar-refractivity contribution in [2.75, 3.05) is 0 Å². The summed E-state index contributed by atoms with van der Waals surface area (Å²) in [5.74, 6) is 0.642. The van der Waals surface area contributed by atoms with E-state index in [2.05, 4.69) is 10.3 Å². The first-order chi connectivity index (χ1) is 9.13. The van der Waals surface area contributed by atoms with Gasteiger partial charge in [-0.05, 0) is 26.0 Å². The zero-order valence-electron chi connectivity index (χ0n) is 11.0. The van der Waals surface area contributed by atoms with Crippen LogP contribution in [0.5, 0.6) is 5.75 Å². The number of rotatable bonds is 5. The van der Waals surface area contributed by atoms with Gasteiger partial charge in [-0.15, -0.1) is 5.10 Å². The van der Waals surface area contributed by atoms with Gasteiger partial charge in [0.15, 0.2) is 0 Å². The Kier molecular flexibility index (Phi) is 4.39. The molecule has 19 heavy (non-hydrogen) atoms. The van der Waals surface area contributed by atoms with Crippen molar-refractivity contribution in [3.8, 4) is 5.75 Å². The molecule has 0 fully saturated rings.